The highest BCUT2D eigenvalue weighted by Gasteiger charge is 2.46. The van der Waals surface area contributed by atoms with Gasteiger partial charge in [-0.05, 0) is 222 Å². The van der Waals surface area contributed by atoms with Crippen LogP contribution in [-0.4, -0.2) is 9.13 Å². The highest BCUT2D eigenvalue weighted by molar-refractivity contribution is 6.12. The summed E-state index contributed by atoms with van der Waals surface area (Å²) in [7, 11) is 0. The van der Waals surface area contributed by atoms with E-state index in [-0.39, 0.29) is 5.41 Å². The molecule has 0 saturated carbocycles. The van der Waals surface area contributed by atoms with Crippen molar-refractivity contribution in [3.05, 3.63) is 458 Å². The Labute approximate surface area is 642 Å². The Morgan fingerprint density at radius 3 is 1.02 bits per heavy atom. The van der Waals surface area contributed by atoms with Crippen LogP contribution in [0.2, 0.25) is 0 Å². The lowest BCUT2D eigenvalue weighted by atomic mass is 9.67. The standard InChI is InChI=1S/C55H38N2.C51H38N2/c1-5-17-41(18-6-1)55(42-19-7-2-8-20-42)51-27-15-13-25-47(51)48-35-34-46(38-52(48)55)56(43-21-9-3-10-22-43)45-32-29-39(30-33-45)40-31-36-54-50(37-40)49-26-14-16-28-53(49)57(54)44-23-11-4-12-24-44;1-51(2)47-19-11-9-17-43(47)44-31-30-42(34-48(44)51)52(39-15-7-4-8-16-39)40-26-23-37(24-27-40)38-25-32-50-46(33-38)45-18-10-12-20-49(45)53(50)41-28-21-36(22-29-41)35-13-5-3-6-14-35/h1-38H;3-34H,1-2H3. The molecule has 2 heterocycles. The molecule has 17 aromatic carbocycles. The van der Waals surface area contributed by atoms with Crippen LogP contribution in [0.1, 0.15) is 47.2 Å². The van der Waals surface area contributed by atoms with E-state index in [1.54, 1.807) is 0 Å². The number of benzene rings is 17. The second-order valence-corrected chi connectivity index (χ2v) is 29.5. The summed E-state index contributed by atoms with van der Waals surface area (Å²) in [6.07, 6.45) is 0. The van der Waals surface area contributed by atoms with Crippen molar-refractivity contribution in [1.29, 1.82) is 0 Å². The summed E-state index contributed by atoms with van der Waals surface area (Å²) in [5.41, 5.74) is 33.7. The predicted octanol–water partition coefficient (Wildman–Crippen LogP) is 28.2. The predicted molar refractivity (Wildman–Crippen MR) is 462 cm³/mol. The minimum Gasteiger partial charge on any atom is -0.310 e. The smallest absolute Gasteiger partial charge is 0.0714 e. The van der Waals surface area contributed by atoms with Crippen molar-refractivity contribution in [2.45, 2.75) is 24.7 Å². The maximum absolute atomic E-state index is 2.44. The van der Waals surface area contributed by atoms with Crippen molar-refractivity contribution in [2.24, 2.45) is 0 Å². The Hall–Kier alpha value is -14.1. The van der Waals surface area contributed by atoms with Crippen molar-refractivity contribution >= 4 is 77.7 Å². The fourth-order valence-corrected chi connectivity index (χ4v) is 17.9. The van der Waals surface area contributed by atoms with Gasteiger partial charge in [-0.2, -0.15) is 0 Å². The second kappa shape index (κ2) is 27.1. The van der Waals surface area contributed by atoms with Crippen LogP contribution in [0.3, 0.4) is 0 Å². The molecule has 21 rings (SSSR count). The van der Waals surface area contributed by atoms with E-state index in [1.165, 1.54) is 138 Å². The molecule has 520 valence electrons. The first-order chi connectivity index (χ1) is 54.3. The average molecular weight is 1410 g/mol. The number of para-hydroxylation sites is 5. The molecule has 0 N–H and O–H groups in total. The normalized spacial score (nSPS) is 12.8. The summed E-state index contributed by atoms with van der Waals surface area (Å²) >= 11 is 0. The topological polar surface area (TPSA) is 16.3 Å². The van der Waals surface area contributed by atoms with Gasteiger partial charge in [-0.3, -0.25) is 0 Å². The van der Waals surface area contributed by atoms with E-state index in [2.05, 4.69) is 457 Å². The van der Waals surface area contributed by atoms with Crippen molar-refractivity contribution in [3.63, 3.8) is 0 Å². The molecular weight excluding hydrogens is 1330 g/mol. The number of rotatable bonds is 13. The van der Waals surface area contributed by atoms with E-state index in [0.29, 0.717) is 0 Å². The van der Waals surface area contributed by atoms with E-state index in [0.717, 1.165) is 39.8 Å². The fourth-order valence-electron chi connectivity index (χ4n) is 17.9. The van der Waals surface area contributed by atoms with Crippen molar-refractivity contribution < 1.29 is 0 Å². The molecule has 0 fully saturated rings. The largest absolute Gasteiger partial charge is 0.310 e. The Morgan fingerprint density at radius 1 is 0.200 bits per heavy atom. The van der Waals surface area contributed by atoms with Gasteiger partial charge in [0.1, 0.15) is 0 Å². The minimum atomic E-state index is -0.473. The molecule has 0 radical (unpaired) electrons. The molecule has 4 nitrogen and oxygen atoms in total. The average Bonchev–Trinajstić information content (AvgIpc) is 1.52. The number of anilines is 6. The van der Waals surface area contributed by atoms with E-state index in [4.69, 9.17) is 0 Å². The zero-order valence-electron chi connectivity index (χ0n) is 61.2. The van der Waals surface area contributed by atoms with Crippen LogP contribution in [-0.2, 0) is 10.8 Å². The zero-order valence-corrected chi connectivity index (χ0v) is 61.2. The number of aromatic nitrogens is 2. The van der Waals surface area contributed by atoms with E-state index >= 15 is 0 Å². The SMILES string of the molecule is CC1(C)c2ccccc2-c2ccc(N(c3ccccc3)c3ccc(-c4ccc5c(c4)c4ccccc4n5-c4ccc(-c5ccccc5)cc4)cc3)cc21.c1ccc(N(c2ccc(-c3ccc4c(c3)c3ccccc3n4-c3ccccc3)cc2)c2ccc3c(c2)C(c2ccccc2)(c2ccccc2)c2ccccc2-3)cc1. The lowest BCUT2D eigenvalue weighted by molar-refractivity contribution is 0.660. The van der Waals surface area contributed by atoms with Gasteiger partial charge >= 0.3 is 0 Å². The first-order valence-electron chi connectivity index (χ1n) is 38.1. The second-order valence-electron chi connectivity index (χ2n) is 29.5. The highest BCUT2D eigenvalue weighted by atomic mass is 15.1. The lowest BCUT2D eigenvalue weighted by Crippen LogP contribution is -2.28. The number of nitrogens with zero attached hydrogens (tertiary/aromatic N) is 4. The monoisotopic (exact) mass is 1400 g/mol. The molecule has 2 aliphatic rings. The first kappa shape index (κ1) is 65.5. The summed E-state index contributed by atoms with van der Waals surface area (Å²) in [6.45, 7) is 4.69. The van der Waals surface area contributed by atoms with Crippen LogP contribution < -0.4 is 9.80 Å². The van der Waals surface area contributed by atoms with E-state index in [9.17, 15) is 0 Å². The Morgan fingerprint density at radius 2 is 0.518 bits per heavy atom. The number of hydrogen-bond donors (Lipinski definition) is 0. The first-order valence-corrected chi connectivity index (χ1v) is 38.1. The summed E-state index contributed by atoms with van der Waals surface area (Å²) in [6, 6.07) is 155. The molecule has 110 heavy (non-hydrogen) atoms. The van der Waals surface area contributed by atoms with Crippen molar-refractivity contribution in [3.8, 4) is 67.0 Å². The fraction of sp³-hybridized carbons (Fsp3) is 0.0377. The maximum Gasteiger partial charge on any atom is 0.0714 e. The van der Waals surface area contributed by atoms with Crippen LogP contribution >= 0.6 is 0 Å². The molecule has 19 aromatic rings. The van der Waals surface area contributed by atoms with Crippen LogP contribution in [0.15, 0.2) is 425 Å². The Bertz CT molecular complexity index is 6580. The molecular formula is C106H76N4. The molecule has 2 aromatic heterocycles. The van der Waals surface area contributed by atoms with Gasteiger partial charge < -0.3 is 18.9 Å². The Balaban J connectivity index is 0.000000144. The third kappa shape index (κ3) is 11.0. The van der Waals surface area contributed by atoms with E-state index < -0.39 is 5.41 Å². The van der Waals surface area contributed by atoms with Gasteiger partial charge in [-0.25, -0.2) is 0 Å². The molecule has 0 bridgehead atoms. The molecule has 2 aliphatic carbocycles. The van der Waals surface area contributed by atoms with Crippen LogP contribution in [0, 0.1) is 0 Å². The molecule has 0 saturated heterocycles. The number of fused-ring (bicyclic) bond motifs is 12. The van der Waals surface area contributed by atoms with Gasteiger partial charge in [0.25, 0.3) is 0 Å². The molecule has 4 heteroatoms. The summed E-state index contributed by atoms with van der Waals surface area (Å²) in [5.74, 6) is 0. The van der Waals surface area contributed by atoms with Gasteiger partial charge in [0.15, 0.2) is 0 Å². The molecule has 0 unspecified atom stereocenters. The molecule has 0 atom stereocenters. The minimum absolute atomic E-state index is 0.0679. The van der Waals surface area contributed by atoms with Gasteiger partial charge in [-0.15, -0.1) is 0 Å². The Kier molecular flexibility index (Phi) is 16.1. The molecule has 0 amide bonds. The van der Waals surface area contributed by atoms with Crippen molar-refractivity contribution in [1.82, 2.24) is 9.13 Å². The van der Waals surface area contributed by atoms with Gasteiger partial charge in [-0.1, -0.05) is 305 Å². The number of hydrogen-bond acceptors (Lipinski definition) is 2. The van der Waals surface area contributed by atoms with E-state index in [1.807, 2.05) is 0 Å². The molecule has 0 aliphatic heterocycles. The van der Waals surface area contributed by atoms with Gasteiger partial charge in [0.2, 0.25) is 0 Å². The quantitative estimate of drug-likeness (QED) is 0.114. The van der Waals surface area contributed by atoms with Gasteiger partial charge in [0, 0.05) is 72.5 Å². The highest BCUT2D eigenvalue weighted by Crippen LogP contribution is 2.58. The van der Waals surface area contributed by atoms with Gasteiger partial charge in [0.05, 0.1) is 27.5 Å². The molecule has 0 spiro atoms. The lowest BCUT2D eigenvalue weighted by Gasteiger charge is -2.35. The summed E-state index contributed by atoms with van der Waals surface area (Å²) in [5, 5.41) is 5.01. The third-order valence-electron chi connectivity index (χ3n) is 23.1. The van der Waals surface area contributed by atoms with Crippen LogP contribution in [0.25, 0.3) is 111 Å². The maximum atomic E-state index is 2.44. The summed E-state index contributed by atoms with van der Waals surface area (Å²) < 4.78 is 4.76. The zero-order chi connectivity index (χ0) is 73.3. The third-order valence-corrected chi connectivity index (χ3v) is 23.1. The summed E-state index contributed by atoms with van der Waals surface area (Å²) in [4.78, 5) is 4.77. The van der Waals surface area contributed by atoms with Crippen LogP contribution in [0.4, 0.5) is 34.1 Å². The van der Waals surface area contributed by atoms with Crippen LogP contribution in [0.5, 0.6) is 0 Å². The van der Waals surface area contributed by atoms with Crippen molar-refractivity contribution in [2.75, 3.05) is 9.80 Å².